The van der Waals surface area contributed by atoms with Crippen LogP contribution in [0.25, 0.3) is 0 Å². The molecule has 0 spiro atoms. The molecule has 0 nitrogen and oxygen atoms in total. The zero-order valence-corrected chi connectivity index (χ0v) is 8.83. The molecule has 0 bridgehead atoms. The highest BCUT2D eigenvalue weighted by Gasteiger charge is 2.24. The number of hydrogen-bond acceptors (Lipinski definition) is 0. The van der Waals surface area contributed by atoms with E-state index < -0.39 is 0 Å². The summed E-state index contributed by atoms with van der Waals surface area (Å²) in [4.78, 5) is 0. The topological polar surface area (TPSA) is 0 Å². The van der Waals surface area contributed by atoms with Gasteiger partial charge in [-0.2, -0.15) is 0 Å². The maximum absolute atomic E-state index is 2.31. The van der Waals surface area contributed by atoms with Crippen molar-refractivity contribution in [2.24, 2.45) is 0 Å². The van der Waals surface area contributed by atoms with Gasteiger partial charge in [0, 0.05) is 5.41 Å². The van der Waals surface area contributed by atoms with Gasteiger partial charge in [-0.3, -0.25) is 0 Å². The number of allylic oxidation sites excluding steroid dienone is 4. The molecule has 0 aliphatic heterocycles. The van der Waals surface area contributed by atoms with Gasteiger partial charge in [0.05, 0.1) is 0 Å². The van der Waals surface area contributed by atoms with Crippen LogP contribution < -0.4 is 0 Å². The van der Waals surface area contributed by atoms with Crippen LogP contribution in [0.1, 0.15) is 25.8 Å². The van der Waals surface area contributed by atoms with Crippen molar-refractivity contribution in [3.05, 3.63) is 59.7 Å². The lowest BCUT2D eigenvalue weighted by Crippen LogP contribution is -2.18. The quantitative estimate of drug-likeness (QED) is 0.655. The van der Waals surface area contributed by atoms with Crippen LogP contribution in [-0.2, 0) is 5.41 Å². The highest BCUT2D eigenvalue weighted by atomic mass is 14.3. The van der Waals surface area contributed by atoms with Crippen LogP contribution in [0.15, 0.2) is 54.1 Å². The minimum atomic E-state index is 0.147. The van der Waals surface area contributed by atoms with E-state index in [0.29, 0.717) is 0 Å². The fourth-order valence-electron chi connectivity index (χ4n) is 1.94. The van der Waals surface area contributed by atoms with Gasteiger partial charge >= 0.3 is 0 Å². The van der Waals surface area contributed by atoms with Gasteiger partial charge in [0.1, 0.15) is 0 Å². The molecular weight excluding hydrogens is 168 g/mol. The number of rotatable bonds is 2. The molecule has 0 N–H and O–H groups in total. The van der Waals surface area contributed by atoms with Crippen LogP contribution >= 0.6 is 0 Å². The van der Waals surface area contributed by atoms with Crippen molar-refractivity contribution in [2.75, 3.05) is 0 Å². The molecule has 1 aromatic rings. The molecule has 0 radical (unpaired) electrons. The summed E-state index contributed by atoms with van der Waals surface area (Å²) >= 11 is 0. The second kappa shape index (κ2) is 3.45. The predicted octanol–water partition coefficient (Wildman–Crippen LogP) is 3.85. The highest BCUT2D eigenvalue weighted by Crippen LogP contribution is 2.34. The molecule has 14 heavy (non-hydrogen) atoms. The van der Waals surface area contributed by atoms with Gasteiger partial charge < -0.3 is 0 Å². The first-order chi connectivity index (χ1) is 6.71. The van der Waals surface area contributed by atoms with Gasteiger partial charge in [-0.25, -0.2) is 0 Å². The molecule has 0 atom stereocenters. The van der Waals surface area contributed by atoms with E-state index in [-0.39, 0.29) is 5.41 Å². The van der Waals surface area contributed by atoms with Crippen LogP contribution in [0.3, 0.4) is 0 Å². The Morgan fingerprint density at radius 1 is 1.07 bits per heavy atom. The Hall–Kier alpha value is -1.30. The van der Waals surface area contributed by atoms with E-state index in [1.807, 2.05) is 0 Å². The highest BCUT2D eigenvalue weighted by molar-refractivity contribution is 5.42. The van der Waals surface area contributed by atoms with Crippen molar-refractivity contribution in [3.63, 3.8) is 0 Å². The predicted molar refractivity (Wildman–Crippen MR) is 61.3 cm³/mol. The Morgan fingerprint density at radius 2 is 1.79 bits per heavy atom. The molecule has 0 fully saturated rings. The number of benzene rings is 1. The van der Waals surface area contributed by atoms with E-state index in [4.69, 9.17) is 0 Å². The third-order valence-corrected chi connectivity index (χ3v) is 2.99. The van der Waals surface area contributed by atoms with Gasteiger partial charge in [0.25, 0.3) is 0 Å². The minimum Gasteiger partial charge on any atom is -0.0804 e. The average molecular weight is 184 g/mol. The summed E-state index contributed by atoms with van der Waals surface area (Å²) in [5, 5.41) is 0. The van der Waals surface area contributed by atoms with Crippen LogP contribution in [0.4, 0.5) is 0 Å². The van der Waals surface area contributed by atoms with Crippen molar-refractivity contribution < 1.29 is 0 Å². The third kappa shape index (κ3) is 1.52. The van der Waals surface area contributed by atoms with Crippen LogP contribution in [0.5, 0.6) is 0 Å². The summed E-state index contributed by atoms with van der Waals surface area (Å²) in [6.45, 7) is 4.56. The first kappa shape index (κ1) is 9.26. The molecule has 0 unspecified atom stereocenters. The zero-order valence-electron chi connectivity index (χ0n) is 8.83. The smallest absolute Gasteiger partial charge is 0.0143 e. The molecule has 0 saturated heterocycles. The summed E-state index contributed by atoms with van der Waals surface area (Å²) in [5.41, 5.74) is 2.97. The Kier molecular flexibility index (Phi) is 2.28. The van der Waals surface area contributed by atoms with E-state index in [9.17, 15) is 0 Å². The van der Waals surface area contributed by atoms with Gasteiger partial charge in [0.2, 0.25) is 0 Å². The molecule has 2 rings (SSSR count). The molecule has 1 aromatic carbocycles. The summed E-state index contributed by atoms with van der Waals surface area (Å²) in [5.74, 6) is 0. The number of hydrogen-bond donors (Lipinski definition) is 0. The van der Waals surface area contributed by atoms with Crippen molar-refractivity contribution in [1.82, 2.24) is 0 Å². The monoisotopic (exact) mass is 184 g/mol. The van der Waals surface area contributed by atoms with Crippen molar-refractivity contribution in [2.45, 2.75) is 25.7 Å². The van der Waals surface area contributed by atoms with E-state index in [2.05, 4.69) is 62.4 Å². The van der Waals surface area contributed by atoms with E-state index >= 15 is 0 Å². The molecule has 1 aliphatic rings. The Balaban J connectivity index is 2.37. The Bertz CT molecular complexity index is 366. The molecule has 0 amide bonds. The molecule has 1 aliphatic carbocycles. The van der Waals surface area contributed by atoms with Crippen molar-refractivity contribution in [1.29, 1.82) is 0 Å². The maximum Gasteiger partial charge on any atom is 0.0143 e. The van der Waals surface area contributed by atoms with E-state index in [0.717, 1.165) is 6.42 Å². The molecule has 0 heterocycles. The Labute approximate surface area is 86.0 Å². The fraction of sp³-hybridized carbons (Fsp3) is 0.286. The minimum absolute atomic E-state index is 0.147. The average Bonchev–Trinajstić information content (AvgIpc) is 2.72. The van der Waals surface area contributed by atoms with Gasteiger partial charge in [-0.15, -0.1) is 0 Å². The molecule has 0 aromatic heterocycles. The molecular formula is C14H16. The van der Waals surface area contributed by atoms with Crippen molar-refractivity contribution in [3.8, 4) is 0 Å². The van der Waals surface area contributed by atoms with Gasteiger partial charge in [-0.05, 0) is 17.6 Å². The zero-order chi connectivity index (χ0) is 10.0. The first-order valence-corrected chi connectivity index (χ1v) is 5.14. The lowest BCUT2D eigenvalue weighted by molar-refractivity contribution is 0.640. The summed E-state index contributed by atoms with van der Waals surface area (Å²) in [6, 6.07) is 10.7. The molecule has 72 valence electrons. The van der Waals surface area contributed by atoms with Gasteiger partial charge in [0.15, 0.2) is 0 Å². The largest absolute Gasteiger partial charge is 0.0804 e. The fourth-order valence-corrected chi connectivity index (χ4v) is 1.94. The summed E-state index contributed by atoms with van der Waals surface area (Å²) < 4.78 is 0. The van der Waals surface area contributed by atoms with Crippen LogP contribution in [0, 0.1) is 0 Å². The van der Waals surface area contributed by atoms with E-state index in [1.165, 1.54) is 11.1 Å². The standard InChI is InChI=1S/C14H16/c1-14(2,13-10-6-7-11-13)12-8-4-3-5-9-12/h3-6,8-11H,7H2,1-2H3. The SMILES string of the molecule is CC(C)(C1=CCC=C1)c1ccccc1. The van der Waals surface area contributed by atoms with Crippen LogP contribution in [-0.4, -0.2) is 0 Å². The molecule has 0 heteroatoms. The molecule has 0 saturated carbocycles. The lowest BCUT2D eigenvalue weighted by Gasteiger charge is -2.26. The first-order valence-electron chi connectivity index (χ1n) is 5.14. The van der Waals surface area contributed by atoms with Crippen LogP contribution in [0.2, 0.25) is 0 Å². The second-order valence-corrected chi connectivity index (χ2v) is 4.29. The Morgan fingerprint density at radius 3 is 2.36 bits per heavy atom. The lowest BCUT2D eigenvalue weighted by atomic mass is 9.78. The van der Waals surface area contributed by atoms with Crippen molar-refractivity contribution >= 4 is 0 Å². The maximum atomic E-state index is 2.31. The van der Waals surface area contributed by atoms with Gasteiger partial charge in [-0.1, -0.05) is 62.4 Å². The normalized spacial score (nSPS) is 15.7. The summed E-state index contributed by atoms with van der Waals surface area (Å²) in [7, 11) is 0. The second-order valence-electron chi connectivity index (χ2n) is 4.29. The third-order valence-electron chi connectivity index (χ3n) is 2.99. The summed E-state index contributed by atoms with van der Waals surface area (Å²) in [6.07, 6.45) is 7.87. The van der Waals surface area contributed by atoms with E-state index in [1.54, 1.807) is 0 Å².